The number of carboxylic acid groups (broad SMARTS) is 1. The molecule has 0 radical (unpaired) electrons. The van der Waals surface area contributed by atoms with Gasteiger partial charge in [-0.15, -0.1) is 0 Å². The number of ether oxygens (including phenoxy) is 2. The van der Waals surface area contributed by atoms with Crippen molar-refractivity contribution < 1.29 is 80.9 Å². The highest BCUT2D eigenvalue weighted by Gasteiger charge is 2.71. The largest absolute Gasteiger partial charge is 0.643 e. The summed E-state index contributed by atoms with van der Waals surface area (Å²) in [6.07, 6.45) is -1.09. The number of aliphatic hydroxyl groups is 2. The number of hydrogen-bond acceptors (Lipinski definition) is 19. The number of para-hydroxylation sites is 1. The molecule has 1 aromatic rings. The van der Waals surface area contributed by atoms with Crippen LogP contribution >= 0.6 is 0 Å². The van der Waals surface area contributed by atoms with E-state index in [9.17, 15) is 63.3 Å². The number of rotatable bonds is 22. The molecule has 1 aromatic carbocycles. The fourth-order valence-electron chi connectivity index (χ4n) is 11.7. The molecule has 0 spiro atoms. The van der Waals surface area contributed by atoms with Crippen LogP contribution in [0.3, 0.4) is 0 Å². The van der Waals surface area contributed by atoms with Gasteiger partial charge in [-0.1, -0.05) is 38.5 Å². The smallest absolute Gasteiger partial charge is 0.612 e. The molecule has 0 aliphatic carbocycles. The lowest BCUT2D eigenvalue weighted by Crippen LogP contribution is -2.79. The standard InChI is InChI=1S/C50H72FN11O16.Al/c1-3-27(2)44(48(74)57-34-8-7-29-5-4-6-30-15-36(62(45(29)30)49(34)75)47(73)58-35-16-42(70)78-50(35)76)59-38(64)21-54-37(63)20-55-46(72)33(9-10-40(66)67)56-39(65)25-60-13-11-28(12-14-60)17-52-19-32-24-61(26-43(71)77-32)23-31(51)18-53-22-41(68)69;/h4-6,27-28,33-36,42,44,50,52-53,70,76H,3,7-26H2,1-2H3,(H,54,63)(H,55,72)(H,56,65)(H,57,74)(H,58,73)(H,59,64)(H,66,67)(H,68,69);/q;+1/p-1/t27-,33-,34?,35?,36-,42?,44-,50?;/m0./s1. The van der Waals surface area contributed by atoms with Crippen LogP contribution in [-0.2, 0) is 74.0 Å². The van der Waals surface area contributed by atoms with Crippen LogP contribution in [0.15, 0.2) is 18.2 Å². The molecule has 11 N–H and O–H groups in total. The molecule has 432 valence electrons. The topological polar surface area (TPSA) is 365 Å². The molecular weight excluding hydrogens is 1060 g/mol. The van der Waals surface area contributed by atoms with Gasteiger partial charge in [0.25, 0.3) is 5.97 Å². The number of carbonyl (C=O) groups excluding carboxylic acids is 9. The number of nitrogens with one attached hydrogen (secondary N) is 8. The van der Waals surface area contributed by atoms with Crippen molar-refractivity contribution in [3.63, 3.8) is 0 Å². The summed E-state index contributed by atoms with van der Waals surface area (Å²) in [6, 6.07) is -0.0738. The van der Waals surface area contributed by atoms with Crippen molar-refractivity contribution in [2.45, 2.75) is 123 Å². The number of benzene rings is 1. The third-order valence-electron chi connectivity index (χ3n) is 15.9. The number of esters is 1. The molecule has 7 unspecified atom stereocenters. The number of aryl methyl sites for hydroxylation is 1. The first kappa shape index (κ1) is 59.2. The van der Waals surface area contributed by atoms with Crippen molar-refractivity contribution in [2.24, 2.45) is 11.8 Å². The molecule has 7 heterocycles. The Kier molecular flexibility index (Phi) is 19.3. The molecule has 0 aromatic heterocycles. The van der Waals surface area contributed by atoms with Gasteiger partial charge in [0.05, 0.1) is 44.5 Å². The Bertz CT molecular complexity index is 2530. The lowest BCUT2D eigenvalue weighted by Gasteiger charge is -2.51. The number of amides is 7. The van der Waals surface area contributed by atoms with Gasteiger partial charge in [-0.25, -0.2) is 0 Å². The molecule has 2 bridgehead atoms. The van der Waals surface area contributed by atoms with E-state index in [-0.39, 0.29) is 77.4 Å². The van der Waals surface area contributed by atoms with Gasteiger partial charge in [0.15, 0.2) is 12.6 Å². The summed E-state index contributed by atoms with van der Waals surface area (Å²) in [4.78, 5) is 136. The summed E-state index contributed by atoms with van der Waals surface area (Å²) in [5.74, 6) is -7.39. The summed E-state index contributed by atoms with van der Waals surface area (Å²) in [7, 11) is 0. The minimum absolute atomic E-state index is 0.0242. The Hall–Kier alpha value is -5.90. The van der Waals surface area contributed by atoms with Crippen LogP contribution in [0.25, 0.3) is 0 Å². The van der Waals surface area contributed by atoms with Gasteiger partial charge >= 0.3 is 26.4 Å². The van der Waals surface area contributed by atoms with Crippen LogP contribution in [0.5, 0.6) is 0 Å². The second-order valence-electron chi connectivity index (χ2n) is 21.8. The number of halogens is 1. The van der Waals surface area contributed by atoms with Gasteiger partial charge in [-0.3, -0.25) is 67.0 Å². The normalized spacial score (nSPS) is 28.7. The Morgan fingerprint density at radius 2 is 1.67 bits per heavy atom. The van der Waals surface area contributed by atoms with E-state index in [1.807, 2.05) is 23.1 Å². The quantitative estimate of drug-likeness (QED) is 0.0382. The number of nitrogens with zero attached hydrogens (tertiary/aromatic N) is 3. The highest BCUT2D eigenvalue weighted by atomic mass is 27.2. The number of morpholine rings is 1. The van der Waals surface area contributed by atoms with Crippen LogP contribution in [-0.4, -0.2) is 229 Å². The Labute approximate surface area is 459 Å². The highest BCUT2D eigenvalue weighted by molar-refractivity contribution is 6.61. The van der Waals surface area contributed by atoms with E-state index in [2.05, 4.69) is 42.5 Å². The van der Waals surface area contributed by atoms with Gasteiger partial charge in [0.2, 0.25) is 41.4 Å². The van der Waals surface area contributed by atoms with E-state index < -0.39 is 151 Å². The lowest BCUT2D eigenvalue weighted by molar-refractivity contribution is -0.171. The van der Waals surface area contributed by atoms with E-state index >= 15 is 4.39 Å². The predicted octanol–water partition coefficient (Wildman–Crippen LogP) is -5.13. The molecule has 7 aliphatic rings. The predicted molar refractivity (Wildman–Crippen MR) is 273 cm³/mol. The number of fused-ring (bicyclic) bond motifs is 4. The van der Waals surface area contributed by atoms with Crippen LogP contribution < -0.4 is 47.4 Å². The number of piperidine rings is 1. The van der Waals surface area contributed by atoms with Gasteiger partial charge in [0, 0.05) is 45.4 Å². The van der Waals surface area contributed by atoms with Crippen LogP contribution in [0, 0.1) is 11.8 Å². The molecule has 5 saturated heterocycles. The van der Waals surface area contributed by atoms with Gasteiger partial charge < -0.3 is 71.1 Å². The number of alkyl halides is 1. The first-order valence-electron chi connectivity index (χ1n) is 27.0. The molecule has 0 saturated carbocycles. The number of carboxylic acids is 1. The van der Waals surface area contributed by atoms with E-state index in [0.29, 0.717) is 51.0 Å². The number of aliphatic hydroxyl groups excluding tert-OH is 2. The minimum atomic E-state index is -3.12. The first-order valence-corrected chi connectivity index (χ1v) is 28.6. The third kappa shape index (κ3) is 14.4. The first-order chi connectivity index (χ1) is 37.6. The highest BCUT2D eigenvalue weighted by Crippen LogP contribution is 2.40. The summed E-state index contributed by atoms with van der Waals surface area (Å²) in [6.45, 7) is 3.72. The van der Waals surface area contributed by atoms with Crippen molar-refractivity contribution >= 4 is 79.4 Å². The number of likely N-dealkylation sites (tertiary alicyclic amines) is 1. The zero-order chi connectivity index (χ0) is 56.8. The summed E-state index contributed by atoms with van der Waals surface area (Å²) in [5.41, 5.74) is 2.11. The molecule has 79 heavy (non-hydrogen) atoms. The van der Waals surface area contributed by atoms with Crippen LogP contribution in [0.1, 0.15) is 69.9 Å². The average molecular weight is 1130 g/mol. The van der Waals surface area contributed by atoms with E-state index in [4.69, 9.17) is 13.3 Å². The van der Waals surface area contributed by atoms with Gasteiger partial charge in [-0.05, 0) is 74.7 Å². The van der Waals surface area contributed by atoms with Crippen molar-refractivity contribution in [3.05, 3.63) is 29.3 Å². The summed E-state index contributed by atoms with van der Waals surface area (Å²) >= 11 is -3.12. The van der Waals surface area contributed by atoms with Crippen molar-refractivity contribution in [3.8, 4) is 0 Å². The minimum Gasteiger partial charge on any atom is -0.612 e. The maximum absolute atomic E-state index is 16.4. The maximum Gasteiger partial charge on any atom is 0.643 e. The lowest BCUT2D eigenvalue weighted by atomic mass is 9.96. The van der Waals surface area contributed by atoms with Gasteiger partial charge in [-0.2, -0.15) is 0 Å². The average Bonchev–Trinajstić information content (AvgIpc) is 4.14. The maximum atomic E-state index is 16.4. The zero-order valence-corrected chi connectivity index (χ0v) is 45.4. The number of carbonyl (C=O) groups is 10. The SMILES string of the molecule is CC[C@H](C)[C@H](NC(=O)CNC(=O)CNC(=O)[C@H](CCC(=O)O)NC(=O)CN1CCC(CNC[C]23CN(CC(=O)O2)C[C]2(F)CNCC(=O)[O][Al]23)CC1)C(=O)NC1CCc2cccc3c2N(C1=O)[C@H](C(=O)NC1CC(O)OC1O)C3. The second kappa shape index (κ2) is 25.7. The Morgan fingerprint density at radius 1 is 0.924 bits per heavy atom. The zero-order valence-electron chi connectivity index (χ0n) is 44.2. The van der Waals surface area contributed by atoms with Crippen LogP contribution in [0.2, 0.25) is 0 Å². The molecular formula is C50H71AlFN11O16. The molecule has 29 heteroatoms. The number of aliphatic carboxylic acids is 1. The molecule has 27 nitrogen and oxygen atoms in total. The van der Waals surface area contributed by atoms with E-state index in [1.165, 1.54) is 4.90 Å². The molecule has 8 rings (SSSR count). The Balaban J connectivity index is 0.772. The van der Waals surface area contributed by atoms with E-state index in [0.717, 1.165) is 11.1 Å². The molecule has 7 amide bonds. The van der Waals surface area contributed by atoms with Crippen molar-refractivity contribution in [2.75, 3.05) is 83.4 Å². The number of hydrogen-bond donors (Lipinski definition) is 11. The Morgan fingerprint density at radius 3 is 2.39 bits per heavy atom. The fourth-order valence-corrected chi connectivity index (χ4v) is 15.2. The monoisotopic (exact) mass is 1130 g/mol. The number of anilines is 1. The van der Waals surface area contributed by atoms with E-state index in [1.54, 1.807) is 18.7 Å². The summed E-state index contributed by atoms with van der Waals surface area (Å²) < 4.78 is 29.7. The van der Waals surface area contributed by atoms with Crippen molar-refractivity contribution in [1.82, 2.24) is 52.3 Å². The molecule has 11 atom stereocenters. The van der Waals surface area contributed by atoms with Crippen LogP contribution in [0.4, 0.5) is 10.1 Å². The van der Waals surface area contributed by atoms with Crippen molar-refractivity contribution in [1.29, 1.82) is 0 Å². The fraction of sp³-hybridized carbons (Fsp3) is 0.680. The third-order valence-corrected chi connectivity index (χ3v) is 19.2. The van der Waals surface area contributed by atoms with Gasteiger partial charge in [0.1, 0.15) is 33.2 Å². The second-order valence-corrected chi connectivity index (χ2v) is 24.9. The molecule has 7 aliphatic heterocycles. The summed E-state index contributed by atoms with van der Waals surface area (Å²) in [5, 5.41) is 51.0. The molecule has 5 fully saturated rings.